The first kappa shape index (κ1) is 32.3. The summed E-state index contributed by atoms with van der Waals surface area (Å²) in [6.07, 6.45) is -1.29. The molecule has 44 heavy (non-hydrogen) atoms. The zero-order valence-corrected chi connectivity index (χ0v) is 25.2. The highest BCUT2D eigenvalue weighted by Gasteiger charge is 2.32. The molecule has 0 aliphatic rings. The number of aliphatic hydroxyl groups excluding tert-OH is 1. The minimum atomic E-state index is -4.19. The second-order valence-electron chi connectivity index (χ2n) is 10.7. The largest absolute Gasteiger partial charge is 0.497 e. The van der Waals surface area contributed by atoms with Crippen LogP contribution in [-0.2, 0) is 16.4 Å². The third-order valence-corrected chi connectivity index (χ3v) is 8.76. The van der Waals surface area contributed by atoms with Gasteiger partial charge in [0, 0.05) is 36.7 Å². The predicted octanol–water partition coefficient (Wildman–Crippen LogP) is 3.76. The van der Waals surface area contributed by atoms with Gasteiger partial charge in [-0.3, -0.25) is 14.9 Å². The Labute approximate surface area is 254 Å². The van der Waals surface area contributed by atoms with E-state index < -0.39 is 45.2 Å². The molecule has 12 nitrogen and oxygen atoms in total. The number of ether oxygens (including phenoxy) is 1. The van der Waals surface area contributed by atoms with Crippen LogP contribution in [0.2, 0.25) is 0 Å². The highest BCUT2D eigenvalue weighted by atomic mass is 32.2. The lowest BCUT2D eigenvalue weighted by molar-refractivity contribution is -0.384. The highest BCUT2D eigenvalue weighted by Crippen LogP contribution is 2.23. The lowest BCUT2D eigenvalue weighted by atomic mass is 10.00. The molecule has 0 aliphatic carbocycles. The molecule has 4 rings (SSSR count). The SMILES string of the molecule is COc1ccc2cc(C(=O)N[C@@H](Cc3ccccc3)[C@H](O)CN(CC(C)C)S(=O)(=O)c3ccc([N+](=O)[O-])cc3)c(=O)oc2c1. The summed E-state index contributed by atoms with van der Waals surface area (Å²) in [5, 5.41) is 25.7. The van der Waals surface area contributed by atoms with Crippen molar-refractivity contribution in [2.45, 2.75) is 37.3 Å². The molecule has 0 fully saturated rings. The van der Waals surface area contributed by atoms with Gasteiger partial charge in [0.1, 0.15) is 16.9 Å². The Morgan fingerprint density at radius 3 is 2.34 bits per heavy atom. The second kappa shape index (κ2) is 13.8. The molecule has 0 saturated heterocycles. The van der Waals surface area contributed by atoms with Gasteiger partial charge in [0.15, 0.2) is 0 Å². The van der Waals surface area contributed by atoms with Crippen LogP contribution in [0.5, 0.6) is 5.75 Å². The number of nitro groups is 1. The molecular formula is C31H33N3O9S. The molecule has 1 heterocycles. The number of rotatable bonds is 13. The fourth-order valence-corrected chi connectivity index (χ4v) is 6.30. The molecule has 0 aliphatic heterocycles. The van der Waals surface area contributed by atoms with Crippen molar-refractivity contribution < 1.29 is 32.4 Å². The first-order valence-corrected chi connectivity index (χ1v) is 15.2. The maximum atomic E-state index is 13.6. The van der Waals surface area contributed by atoms with Crippen LogP contribution in [0, 0.1) is 16.0 Å². The molecule has 0 spiro atoms. The Morgan fingerprint density at radius 2 is 1.73 bits per heavy atom. The van der Waals surface area contributed by atoms with E-state index in [1.807, 2.05) is 19.9 Å². The number of nitrogens with one attached hydrogen (secondary N) is 1. The van der Waals surface area contributed by atoms with Crippen LogP contribution < -0.4 is 15.7 Å². The lowest BCUT2D eigenvalue weighted by Gasteiger charge is -2.30. The maximum Gasteiger partial charge on any atom is 0.349 e. The number of hydrogen-bond donors (Lipinski definition) is 2. The van der Waals surface area contributed by atoms with E-state index in [1.54, 1.807) is 36.4 Å². The molecule has 232 valence electrons. The van der Waals surface area contributed by atoms with Crippen molar-refractivity contribution in [3.8, 4) is 5.75 Å². The third-order valence-electron chi connectivity index (χ3n) is 6.91. The van der Waals surface area contributed by atoms with Gasteiger partial charge in [-0.05, 0) is 48.2 Å². The summed E-state index contributed by atoms with van der Waals surface area (Å²) in [4.78, 5) is 36.4. The quantitative estimate of drug-likeness (QED) is 0.128. The van der Waals surface area contributed by atoms with Gasteiger partial charge >= 0.3 is 5.63 Å². The summed E-state index contributed by atoms with van der Waals surface area (Å²) in [5.74, 6) is -0.471. The summed E-state index contributed by atoms with van der Waals surface area (Å²) < 4.78 is 38.8. The van der Waals surface area contributed by atoms with E-state index in [-0.39, 0.29) is 40.6 Å². The summed E-state index contributed by atoms with van der Waals surface area (Å²) >= 11 is 0. The number of methoxy groups -OCH3 is 1. The van der Waals surface area contributed by atoms with E-state index in [0.29, 0.717) is 11.1 Å². The molecule has 1 amide bonds. The Kier molecular flexibility index (Phi) is 10.1. The van der Waals surface area contributed by atoms with Gasteiger partial charge in [0.25, 0.3) is 11.6 Å². The number of fused-ring (bicyclic) bond motifs is 1. The molecule has 2 atom stereocenters. The molecular weight excluding hydrogens is 590 g/mol. The number of amides is 1. The van der Waals surface area contributed by atoms with E-state index in [1.165, 1.54) is 19.2 Å². The Bertz CT molecular complexity index is 1790. The number of hydrogen-bond acceptors (Lipinski definition) is 9. The van der Waals surface area contributed by atoms with Gasteiger partial charge in [-0.15, -0.1) is 0 Å². The Morgan fingerprint density at radius 1 is 1.05 bits per heavy atom. The number of nitrogens with zero attached hydrogens (tertiary/aromatic N) is 2. The smallest absolute Gasteiger partial charge is 0.349 e. The minimum absolute atomic E-state index is 0.0279. The topological polar surface area (TPSA) is 169 Å². The number of carbonyl (C=O) groups is 1. The van der Waals surface area contributed by atoms with Crippen LogP contribution in [0.1, 0.15) is 29.8 Å². The van der Waals surface area contributed by atoms with Gasteiger partial charge in [0.05, 0.1) is 29.1 Å². The Balaban J connectivity index is 1.64. The number of nitro benzene ring substituents is 1. The molecule has 13 heteroatoms. The molecule has 2 N–H and O–H groups in total. The molecule has 0 radical (unpaired) electrons. The number of non-ortho nitro benzene ring substituents is 1. The van der Waals surface area contributed by atoms with Crippen LogP contribution in [0.3, 0.4) is 0 Å². The minimum Gasteiger partial charge on any atom is -0.497 e. The molecule has 0 bridgehead atoms. The first-order chi connectivity index (χ1) is 20.9. The monoisotopic (exact) mass is 623 g/mol. The van der Waals surface area contributed by atoms with Gasteiger partial charge in [-0.2, -0.15) is 4.31 Å². The normalized spacial score (nSPS) is 13.1. The number of aliphatic hydroxyl groups is 1. The molecule has 0 unspecified atom stereocenters. The van der Waals surface area contributed by atoms with Crippen LogP contribution in [0.15, 0.2) is 93.0 Å². The van der Waals surface area contributed by atoms with E-state index in [2.05, 4.69) is 5.32 Å². The first-order valence-electron chi connectivity index (χ1n) is 13.8. The van der Waals surface area contributed by atoms with E-state index in [9.17, 15) is 33.2 Å². The van der Waals surface area contributed by atoms with Crippen molar-refractivity contribution in [2.75, 3.05) is 20.2 Å². The summed E-state index contributed by atoms with van der Waals surface area (Å²) in [6.45, 7) is 3.24. The number of carbonyl (C=O) groups excluding carboxylic acids is 1. The lowest BCUT2D eigenvalue weighted by Crippen LogP contribution is -2.51. The van der Waals surface area contributed by atoms with Gasteiger partial charge in [0.2, 0.25) is 10.0 Å². The fourth-order valence-electron chi connectivity index (χ4n) is 4.68. The molecule has 1 aromatic heterocycles. The summed E-state index contributed by atoms with van der Waals surface area (Å²) in [7, 11) is -2.72. The van der Waals surface area contributed by atoms with E-state index in [0.717, 1.165) is 34.1 Å². The molecule has 4 aromatic rings. The Hall–Kier alpha value is -4.59. The van der Waals surface area contributed by atoms with E-state index in [4.69, 9.17) is 9.15 Å². The van der Waals surface area contributed by atoms with Crippen molar-refractivity contribution in [1.29, 1.82) is 0 Å². The fraction of sp³-hybridized carbons (Fsp3) is 0.290. The van der Waals surface area contributed by atoms with Crippen LogP contribution >= 0.6 is 0 Å². The van der Waals surface area contributed by atoms with E-state index >= 15 is 0 Å². The average Bonchev–Trinajstić information content (AvgIpc) is 2.99. The van der Waals surface area contributed by atoms with Crippen molar-refractivity contribution in [1.82, 2.24) is 9.62 Å². The number of sulfonamides is 1. The van der Waals surface area contributed by atoms with Gasteiger partial charge in [-0.25, -0.2) is 13.2 Å². The van der Waals surface area contributed by atoms with Crippen molar-refractivity contribution in [3.05, 3.63) is 111 Å². The van der Waals surface area contributed by atoms with Crippen LogP contribution in [0.4, 0.5) is 5.69 Å². The molecule has 3 aromatic carbocycles. The summed E-state index contributed by atoms with van der Waals surface area (Å²) in [5.41, 5.74) is -0.457. The maximum absolute atomic E-state index is 13.6. The third kappa shape index (κ3) is 7.67. The highest BCUT2D eigenvalue weighted by molar-refractivity contribution is 7.89. The van der Waals surface area contributed by atoms with Crippen LogP contribution in [-0.4, -0.2) is 61.0 Å². The van der Waals surface area contributed by atoms with Gasteiger partial charge < -0.3 is 19.6 Å². The molecule has 0 saturated carbocycles. The zero-order valence-electron chi connectivity index (χ0n) is 24.4. The van der Waals surface area contributed by atoms with Gasteiger partial charge in [-0.1, -0.05) is 44.2 Å². The average molecular weight is 624 g/mol. The zero-order chi connectivity index (χ0) is 32.0. The van der Waals surface area contributed by atoms with Crippen molar-refractivity contribution in [2.24, 2.45) is 5.92 Å². The van der Waals surface area contributed by atoms with Crippen molar-refractivity contribution >= 4 is 32.6 Å². The predicted molar refractivity (Wildman–Crippen MR) is 163 cm³/mol. The standard InChI is InChI=1S/C31H33N3O9S/c1-20(2)18-33(44(40,41)25-13-10-23(11-14-25)34(38)39)19-28(35)27(15-21-7-5-4-6-8-21)32-30(36)26-16-22-9-12-24(42-3)17-29(22)43-31(26)37/h4-14,16-17,20,27-28,35H,15,18-19H2,1-3H3,(H,32,36)/t27-,28+/m0/s1. The second-order valence-corrected chi connectivity index (χ2v) is 12.6. The van der Waals surface area contributed by atoms with Crippen molar-refractivity contribution in [3.63, 3.8) is 0 Å². The van der Waals surface area contributed by atoms with Crippen LogP contribution in [0.25, 0.3) is 11.0 Å². The number of benzene rings is 3. The summed E-state index contributed by atoms with van der Waals surface area (Å²) in [6, 6.07) is 18.6.